The largest absolute Gasteiger partial charge is 0.494 e. The first kappa shape index (κ1) is 19.6. The van der Waals surface area contributed by atoms with Crippen LogP contribution < -0.4 is 9.64 Å². The molecule has 1 amide bonds. The van der Waals surface area contributed by atoms with Crippen molar-refractivity contribution in [1.82, 2.24) is 14.9 Å². The highest BCUT2D eigenvalue weighted by Gasteiger charge is 2.27. The maximum absolute atomic E-state index is 11.9. The van der Waals surface area contributed by atoms with Crippen molar-refractivity contribution >= 4 is 56.2 Å². The van der Waals surface area contributed by atoms with Crippen molar-refractivity contribution in [2.75, 3.05) is 38.2 Å². The Labute approximate surface area is 183 Å². The van der Waals surface area contributed by atoms with Crippen LogP contribution in [0.4, 0.5) is 5.82 Å². The molecule has 31 heavy (non-hydrogen) atoms. The molecule has 0 saturated carbocycles. The van der Waals surface area contributed by atoms with Crippen LogP contribution in [0.1, 0.15) is 5.56 Å². The number of amides is 1. The quantitative estimate of drug-likeness (QED) is 0.445. The Morgan fingerprint density at radius 1 is 1.19 bits per heavy atom. The molecule has 1 aliphatic heterocycles. The summed E-state index contributed by atoms with van der Waals surface area (Å²) in [7, 11) is 1.60. The first-order valence-electron chi connectivity index (χ1n) is 10.0. The predicted molar refractivity (Wildman–Crippen MR) is 122 cm³/mol. The van der Waals surface area contributed by atoms with Crippen LogP contribution in [0.5, 0.6) is 5.75 Å². The first-order chi connectivity index (χ1) is 15.0. The van der Waals surface area contributed by atoms with Gasteiger partial charge < -0.3 is 19.0 Å². The van der Waals surface area contributed by atoms with Crippen LogP contribution in [0.2, 0.25) is 5.02 Å². The highest BCUT2D eigenvalue weighted by molar-refractivity contribution is 6.42. The Kier molecular flexibility index (Phi) is 4.70. The summed E-state index contributed by atoms with van der Waals surface area (Å²) in [6, 6.07) is 5.91. The Morgan fingerprint density at radius 3 is 2.68 bits per heavy atom. The van der Waals surface area contributed by atoms with Gasteiger partial charge in [0.1, 0.15) is 23.2 Å². The Hall–Kier alpha value is -3.32. The zero-order valence-corrected chi connectivity index (χ0v) is 18.1. The maximum Gasteiger partial charge on any atom is 0.246 e. The molecule has 0 atom stereocenters. The van der Waals surface area contributed by atoms with Crippen LogP contribution in [0, 0.1) is 6.92 Å². The lowest BCUT2D eigenvalue weighted by atomic mass is 10.0. The van der Waals surface area contributed by atoms with Crippen LogP contribution in [0.25, 0.3) is 32.8 Å². The number of ether oxygens (including phenoxy) is 1. The third kappa shape index (κ3) is 2.91. The number of fused-ring (bicyclic) bond motifs is 5. The molecule has 1 aliphatic rings. The van der Waals surface area contributed by atoms with E-state index < -0.39 is 0 Å². The molecule has 7 nitrogen and oxygen atoms in total. The van der Waals surface area contributed by atoms with Crippen LogP contribution in [-0.4, -0.2) is 54.1 Å². The third-order valence-electron chi connectivity index (χ3n) is 5.88. The van der Waals surface area contributed by atoms with E-state index >= 15 is 0 Å². The Bertz CT molecular complexity index is 1360. The number of methoxy groups -OCH3 is 1. The van der Waals surface area contributed by atoms with E-state index in [1.807, 2.05) is 25.1 Å². The molecule has 1 saturated heterocycles. The van der Waals surface area contributed by atoms with Crippen molar-refractivity contribution in [2.24, 2.45) is 0 Å². The van der Waals surface area contributed by atoms with Gasteiger partial charge in [0, 0.05) is 31.6 Å². The minimum atomic E-state index is -0.0628. The summed E-state index contributed by atoms with van der Waals surface area (Å²) in [5.74, 6) is 1.18. The van der Waals surface area contributed by atoms with E-state index in [2.05, 4.69) is 21.4 Å². The number of hydrogen-bond acceptors (Lipinski definition) is 6. The van der Waals surface area contributed by atoms with Gasteiger partial charge in [0.2, 0.25) is 5.91 Å². The van der Waals surface area contributed by atoms with Gasteiger partial charge in [0.05, 0.1) is 22.9 Å². The van der Waals surface area contributed by atoms with E-state index in [0.29, 0.717) is 59.3 Å². The molecule has 1 fully saturated rings. The molecule has 0 aliphatic carbocycles. The van der Waals surface area contributed by atoms with Crippen LogP contribution >= 0.6 is 11.6 Å². The summed E-state index contributed by atoms with van der Waals surface area (Å²) in [6.07, 6.45) is 2.88. The summed E-state index contributed by atoms with van der Waals surface area (Å²) >= 11 is 6.88. The van der Waals surface area contributed by atoms with E-state index in [1.165, 1.54) is 12.4 Å². The number of piperazine rings is 1. The number of rotatable bonds is 3. The monoisotopic (exact) mass is 436 g/mol. The average molecular weight is 437 g/mol. The molecule has 0 spiro atoms. The van der Waals surface area contributed by atoms with Gasteiger partial charge in [-0.1, -0.05) is 30.3 Å². The first-order valence-corrected chi connectivity index (χ1v) is 10.4. The number of furan rings is 1. The standard InChI is InChI=1S/C23H21ClN4O3/c1-4-15(29)27-8-10-28(11-9-27)23-18-20(25-12-26-23)22-17(19(24)21(18)30-3)16-13(2)6-5-7-14(16)31-22/h4-7,12H,1,8-11H2,2-3H3. The molecule has 0 unspecified atom stereocenters. The van der Waals surface area contributed by atoms with Crippen molar-refractivity contribution in [3.63, 3.8) is 0 Å². The van der Waals surface area contributed by atoms with E-state index in [-0.39, 0.29) is 5.91 Å². The summed E-state index contributed by atoms with van der Waals surface area (Å²) in [4.78, 5) is 24.9. The molecule has 3 heterocycles. The normalized spacial score (nSPS) is 14.5. The van der Waals surface area contributed by atoms with E-state index in [9.17, 15) is 4.79 Å². The average Bonchev–Trinajstić information content (AvgIpc) is 3.20. The molecule has 5 rings (SSSR count). The molecule has 158 valence electrons. The SMILES string of the molecule is C=CC(=O)N1CCN(c2ncnc3c2c(OC)c(Cl)c2c3oc3cccc(C)c32)CC1. The van der Waals surface area contributed by atoms with Crippen molar-refractivity contribution < 1.29 is 13.9 Å². The molecule has 8 heteroatoms. The van der Waals surface area contributed by atoms with E-state index in [0.717, 1.165) is 21.9 Å². The molecule has 2 aromatic heterocycles. The van der Waals surface area contributed by atoms with Crippen LogP contribution in [0.3, 0.4) is 0 Å². The number of hydrogen-bond donors (Lipinski definition) is 0. The summed E-state index contributed by atoms with van der Waals surface area (Å²) in [5, 5.41) is 2.95. The number of benzene rings is 2. The summed E-state index contributed by atoms with van der Waals surface area (Å²) in [6.45, 7) is 8.02. The predicted octanol–water partition coefficient (Wildman–Crippen LogP) is 4.33. The summed E-state index contributed by atoms with van der Waals surface area (Å²) < 4.78 is 12.0. The van der Waals surface area contributed by atoms with Gasteiger partial charge in [-0.3, -0.25) is 4.79 Å². The number of carbonyl (C=O) groups is 1. The third-order valence-corrected chi connectivity index (χ3v) is 6.24. The summed E-state index contributed by atoms with van der Waals surface area (Å²) in [5.41, 5.74) is 3.09. The van der Waals surface area contributed by atoms with Crippen LogP contribution in [-0.2, 0) is 4.79 Å². The number of halogens is 1. The zero-order valence-electron chi connectivity index (χ0n) is 17.3. The van der Waals surface area contributed by atoms with Gasteiger partial charge in [-0.2, -0.15) is 0 Å². The Balaban J connectivity index is 1.74. The van der Waals surface area contributed by atoms with Gasteiger partial charge in [-0.15, -0.1) is 0 Å². The second-order valence-electron chi connectivity index (χ2n) is 7.54. The lowest BCUT2D eigenvalue weighted by molar-refractivity contribution is -0.126. The smallest absolute Gasteiger partial charge is 0.246 e. The van der Waals surface area contributed by atoms with Crippen molar-refractivity contribution in [3.8, 4) is 5.75 Å². The van der Waals surface area contributed by atoms with E-state index in [1.54, 1.807) is 12.0 Å². The highest BCUT2D eigenvalue weighted by atomic mass is 35.5. The van der Waals surface area contributed by atoms with Crippen molar-refractivity contribution in [3.05, 3.63) is 47.8 Å². The topological polar surface area (TPSA) is 71.7 Å². The molecule has 4 aromatic rings. The fourth-order valence-electron chi connectivity index (χ4n) is 4.38. The van der Waals surface area contributed by atoms with Gasteiger partial charge in [-0.25, -0.2) is 9.97 Å². The highest BCUT2D eigenvalue weighted by Crippen LogP contribution is 2.47. The lowest BCUT2D eigenvalue weighted by Gasteiger charge is -2.35. The number of aromatic nitrogens is 2. The maximum atomic E-state index is 11.9. The minimum Gasteiger partial charge on any atom is -0.494 e. The number of nitrogens with zero attached hydrogens (tertiary/aromatic N) is 4. The van der Waals surface area contributed by atoms with Crippen LogP contribution in [0.15, 0.2) is 41.6 Å². The number of aryl methyl sites for hydroxylation is 1. The van der Waals surface area contributed by atoms with E-state index in [4.69, 9.17) is 20.8 Å². The zero-order chi connectivity index (χ0) is 21.7. The van der Waals surface area contributed by atoms with Gasteiger partial charge in [0.25, 0.3) is 0 Å². The number of carbonyl (C=O) groups excluding carboxylic acids is 1. The molecule has 0 bridgehead atoms. The second kappa shape index (κ2) is 7.42. The molecular weight excluding hydrogens is 416 g/mol. The minimum absolute atomic E-state index is 0.0628. The van der Waals surface area contributed by atoms with Gasteiger partial charge in [-0.05, 0) is 24.6 Å². The fraction of sp³-hybridized carbons (Fsp3) is 0.261. The second-order valence-corrected chi connectivity index (χ2v) is 7.92. The van der Waals surface area contributed by atoms with Gasteiger partial charge in [0.15, 0.2) is 11.3 Å². The molecule has 2 aromatic carbocycles. The number of anilines is 1. The molecule has 0 N–H and O–H groups in total. The molecular formula is C23H21ClN4O3. The Morgan fingerprint density at radius 2 is 1.97 bits per heavy atom. The lowest BCUT2D eigenvalue weighted by Crippen LogP contribution is -2.48. The molecule has 0 radical (unpaired) electrons. The fourth-order valence-corrected chi connectivity index (χ4v) is 4.73. The van der Waals surface area contributed by atoms with Gasteiger partial charge >= 0.3 is 0 Å². The van der Waals surface area contributed by atoms with Crippen molar-refractivity contribution in [2.45, 2.75) is 6.92 Å². The van der Waals surface area contributed by atoms with Crippen molar-refractivity contribution in [1.29, 1.82) is 0 Å².